The largest absolute Gasteiger partial charge is 0.306 e. The van der Waals surface area contributed by atoms with E-state index in [1.807, 2.05) is 0 Å². The first-order valence-corrected chi connectivity index (χ1v) is 9.94. The van der Waals surface area contributed by atoms with Crippen LogP contribution in [0.25, 0.3) is 0 Å². The maximum Gasteiger partial charge on any atom is 0.0120 e. The zero-order chi connectivity index (χ0) is 17.7. The summed E-state index contributed by atoms with van der Waals surface area (Å²) in [4.78, 5) is 2.45. The van der Waals surface area contributed by atoms with Gasteiger partial charge >= 0.3 is 0 Å². The Labute approximate surface area is 147 Å². The lowest BCUT2D eigenvalue weighted by Gasteiger charge is -2.35. The highest BCUT2D eigenvalue weighted by atomic mass is 15.1. The Morgan fingerprint density at radius 1 is 1.00 bits per heavy atom. The minimum Gasteiger partial charge on any atom is -0.306 e. The third kappa shape index (κ3) is 10.8. The Bertz CT molecular complexity index is 314. The highest BCUT2D eigenvalue weighted by molar-refractivity contribution is 5.14. The van der Waals surface area contributed by atoms with Crippen LogP contribution in [0.4, 0.5) is 0 Å². The van der Waals surface area contributed by atoms with E-state index in [1.165, 1.54) is 56.9 Å². The van der Waals surface area contributed by atoms with Crippen LogP contribution >= 0.6 is 0 Å². The molecule has 0 saturated carbocycles. The van der Waals surface area contributed by atoms with E-state index < -0.39 is 0 Å². The summed E-state index contributed by atoms with van der Waals surface area (Å²) in [6.45, 7) is 13.6. The molecule has 0 amide bonds. The maximum atomic E-state index is 4.23. The van der Waals surface area contributed by atoms with Crippen molar-refractivity contribution in [2.24, 2.45) is 11.8 Å². The van der Waals surface area contributed by atoms with Gasteiger partial charge in [-0.2, -0.15) is 0 Å². The summed E-state index contributed by atoms with van der Waals surface area (Å²) in [6, 6.07) is 0.705. The Morgan fingerprint density at radius 3 is 2.22 bits per heavy atom. The molecule has 0 bridgehead atoms. The zero-order valence-electron chi connectivity index (χ0n) is 16.9. The second kappa shape index (κ2) is 13.8. The topological polar surface area (TPSA) is 3.24 Å². The molecule has 0 fully saturated rings. The van der Waals surface area contributed by atoms with E-state index >= 15 is 0 Å². The molecule has 0 heterocycles. The van der Waals surface area contributed by atoms with Gasteiger partial charge in [0.25, 0.3) is 0 Å². The lowest BCUT2D eigenvalue weighted by Crippen LogP contribution is -2.37. The van der Waals surface area contributed by atoms with Crippen molar-refractivity contribution in [3.63, 3.8) is 0 Å². The second-order valence-corrected chi connectivity index (χ2v) is 7.68. The average molecular weight is 322 g/mol. The molecular weight excluding hydrogens is 278 g/mol. The van der Waals surface area contributed by atoms with Gasteiger partial charge < -0.3 is 4.90 Å². The first-order valence-electron chi connectivity index (χ1n) is 9.94. The fraction of sp³-hybridized carbons (Fsp3) is 0.818. The van der Waals surface area contributed by atoms with Gasteiger partial charge in [-0.05, 0) is 64.5 Å². The molecule has 0 aliphatic carbocycles. The molecule has 2 atom stereocenters. The van der Waals surface area contributed by atoms with Gasteiger partial charge in [-0.15, -0.1) is 0 Å². The summed E-state index contributed by atoms with van der Waals surface area (Å²) in [5.74, 6) is 1.58. The second-order valence-electron chi connectivity index (χ2n) is 7.68. The molecule has 0 spiro atoms. The molecule has 0 aromatic carbocycles. The van der Waals surface area contributed by atoms with Crippen LogP contribution in [0.15, 0.2) is 24.3 Å². The van der Waals surface area contributed by atoms with Crippen molar-refractivity contribution < 1.29 is 0 Å². The van der Waals surface area contributed by atoms with Gasteiger partial charge in [-0.3, -0.25) is 0 Å². The first kappa shape index (κ1) is 22.4. The molecule has 1 heteroatoms. The van der Waals surface area contributed by atoms with Crippen LogP contribution in [0.1, 0.15) is 85.5 Å². The monoisotopic (exact) mass is 321 g/mol. The van der Waals surface area contributed by atoms with E-state index in [0.717, 1.165) is 18.3 Å². The molecule has 2 unspecified atom stereocenters. The third-order valence-corrected chi connectivity index (χ3v) is 4.96. The predicted molar refractivity (Wildman–Crippen MR) is 107 cm³/mol. The van der Waals surface area contributed by atoms with E-state index in [9.17, 15) is 0 Å². The molecule has 0 saturated heterocycles. The molecule has 23 heavy (non-hydrogen) atoms. The van der Waals surface area contributed by atoms with Gasteiger partial charge in [0.1, 0.15) is 0 Å². The Morgan fingerprint density at radius 2 is 1.70 bits per heavy atom. The highest BCUT2D eigenvalue weighted by Crippen LogP contribution is 2.27. The van der Waals surface area contributed by atoms with Crippen molar-refractivity contribution in [3.8, 4) is 0 Å². The average Bonchev–Trinajstić information content (AvgIpc) is 2.49. The fourth-order valence-corrected chi connectivity index (χ4v) is 3.54. The van der Waals surface area contributed by atoms with Gasteiger partial charge in [0.15, 0.2) is 0 Å². The van der Waals surface area contributed by atoms with Crippen LogP contribution in [-0.2, 0) is 0 Å². The molecule has 1 nitrogen and oxygen atoms in total. The summed E-state index contributed by atoms with van der Waals surface area (Å²) in [6.07, 6.45) is 16.1. The first-order chi connectivity index (χ1) is 10.9. The number of nitrogens with zero attached hydrogens (tertiary/aromatic N) is 1. The lowest BCUT2D eigenvalue weighted by molar-refractivity contribution is 0.148. The summed E-state index contributed by atoms with van der Waals surface area (Å²) >= 11 is 0. The van der Waals surface area contributed by atoms with Gasteiger partial charge in [0.05, 0.1) is 0 Å². The normalized spacial score (nSPS) is 14.8. The molecule has 0 aromatic heterocycles. The van der Waals surface area contributed by atoms with Gasteiger partial charge in [-0.1, -0.05) is 71.3 Å². The molecular formula is C22H43N. The van der Waals surface area contributed by atoms with Crippen molar-refractivity contribution in [2.45, 2.75) is 91.5 Å². The van der Waals surface area contributed by atoms with Crippen molar-refractivity contribution in [2.75, 3.05) is 14.1 Å². The van der Waals surface area contributed by atoms with Crippen LogP contribution < -0.4 is 0 Å². The van der Waals surface area contributed by atoms with Crippen LogP contribution in [0.2, 0.25) is 0 Å². The van der Waals surface area contributed by atoms with Crippen LogP contribution in [0, 0.1) is 11.8 Å². The summed E-state index contributed by atoms with van der Waals surface area (Å²) in [7, 11) is 4.50. The number of allylic oxidation sites excluding steroid dienone is 3. The predicted octanol–water partition coefficient (Wildman–Crippen LogP) is 6.85. The van der Waals surface area contributed by atoms with Crippen LogP contribution in [0.3, 0.4) is 0 Å². The quantitative estimate of drug-likeness (QED) is 0.250. The Balaban J connectivity index is 4.24. The molecule has 0 aliphatic heterocycles. The van der Waals surface area contributed by atoms with Gasteiger partial charge in [0.2, 0.25) is 0 Å². The number of hydrogen-bond acceptors (Lipinski definition) is 1. The highest BCUT2D eigenvalue weighted by Gasteiger charge is 2.24. The molecule has 0 radical (unpaired) electrons. The van der Waals surface area contributed by atoms with Crippen molar-refractivity contribution >= 4 is 0 Å². The maximum absolute atomic E-state index is 4.23. The molecule has 0 aliphatic rings. The van der Waals surface area contributed by atoms with Crippen molar-refractivity contribution in [1.29, 1.82) is 0 Å². The SMILES string of the molecule is C=C(/C=C/CCCCC)CCCC(C(CCC)C(C)C)N(C)C. The van der Waals surface area contributed by atoms with E-state index in [4.69, 9.17) is 0 Å². The number of hydrogen-bond donors (Lipinski definition) is 0. The molecule has 136 valence electrons. The standard InChI is InChI=1S/C22H43N/c1-8-10-11-12-13-16-20(5)17-14-18-22(23(6)7)21(15-9-2)19(3)4/h13,16,19,21-22H,5,8-12,14-15,17-18H2,1-4,6-7H3/b16-13+. The van der Waals surface area contributed by atoms with Gasteiger partial charge in [-0.25, -0.2) is 0 Å². The zero-order valence-corrected chi connectivity index (χ0v) is 16.9. The minimum absolute atomic E-state index is 0.705. The van der Waals surface area contributed by atoms with Gasteiger partial charge in [0, 0.05) is 6.04 Å². The summed E-state index contributed by atoms with van der Waals surface area (Å²) < 4.78 is 0. The van der Waals surface area contributed by atoms with Crippen LogP contribution in [0.5, 0.6) is 0 Å². The molecule has 0 N–H and O–H groups in total. The van der Waals surface area contributed by atoms with E-state index in [0.29, 0.717) is 6.04 Å². The Kier molecular flexibility index (Phi) is 13.5. The van der Waals surface area contributed by atoms with Crippen molar-refractivity contribution in [1.82, 2.24) is 4.90 Å². The number of rotatable bonds is 14. The van der Waals surface area contributed by atoms with E-state index in [-0.39, 0.29) is 0 Å². The third-order valence-electron chi connectivity index (χ3n) is 4.96. The van der Waals surface area contributed by atoms with Crippen molar-refractivity contribution in [3.05, 3.63) is 24.3 Å². The van der Waals surface area contributed by atoms with Crippen LogP contribution in [-0.4, -0.2) is 25.0 Å². The number of unbranched alkanes of at least 4 members (excludes halogenated alkanes) is 3. The minimum atomic E-state index is 0.705. The lowest BCUT2D eigenvalue weighted by atomic mass is 9.82. The Hall–Kier alpha value is -0.560. The van der Waals surface area contributed by atoms with E-state index in [2.05, 4.69) is 65.4 Å². The van der Waals surface area contributed by atoms with E-state index in [1.54, 1.807) is 0 Å². The summed E-state index contributed by atoms with van der Waals surface area (Å²) in [5, 5.41) is 0. The smallest absolute Gasteiger partial charge is 0.0120 e. The summed E-state index contributed by atoms with van der Waals surface area (Å²) in [5.41, 5.74) is 1.30. The molecule has 0 rings (SSSR count). The molecule has 0 aromatic rings. The fourth-order valence-electron chi connectivity index (χ4n) is 3.54.